The highest BCUT2D eigenvalue weighted by molar-refractivity contribution is 6.30. The zero-order valence-electron chi connectivity index (χ0n) is 14.6. The molecule has 0 aliphatic heterocycles. The summed E-state index contributed by atoms with van der Waals surface area (Å²) in [7, 11) is 1.60. The predicted molar refractivity (Wildman–Crippen MR) is 103 cm³/mol. The Bertz CT molecular complexity index is 966. The number of esters is 1. The number of carbonyl (C=O) groups excluding carboxylic acids is 2. The Kier molecular flexibility index (Phi) is 5.94. The summed E-state index contributed by atoms with van der Waals surface area (Å²) in [6.45, 7) is -0.628. The number of methoxy groups -OCH3 is 1. The smallest absolute Gasteiger partial charge is 0.344 e. The van der Waals surface area contributed by atoms with Gasteiger partial charge in [0.25, 0.3) is 0 Å². The van der Waals surface area contributed by atoms with Crippen molar-refractivity contribution in [2.24, 2.45) is 0 Å². The normalized spacial score (nSPS) is 10.4. The second-order valence-corrected chi connectivity index (χ2v) is 6.19. The molecule has 0 saturated heterocycles. The zero-order chi connectivity index (χ0) is 19.2. The van der Waals surface area contributed by atoms with Gasteiger partial charge in [-0.3, -0.25) is 4.79 Å². The molecular weight excluding hydrogens is 368 g/mol. The Morgan fingerprint density at radius 1 is 0.852 bits per heavy atom. The van der Waals surface area contributed by atoms with E-state index in [9.17, 15) is 9.59 Å². The van der Waals surface area contributed by atoms with E-state index in [4.69, 9.17) is 25.8 Å². The van der Waals surface area contributed by atoms with E-state index >= 15 is 0 Å². The van der Waals surface area contributed by atoms with Crippen LogP contribution in [0.15, 0.2) is 60.7 Å². The van der Waals surface area contributed by atoms with Crippen molar-refractivity contribution >= 4 is 34.1 Å². The van der Waals surface area contributed by atoms with Crippen LogP contribution in [0.1, 0.15) is 10.4 Å². The molecule has 0 fully saturated rings. The van der Waals surface area contributed by atoms with Crippen LogP contribution in [0.4, 0.5) is 0 Å². The number of halogens is 1. The first-order chi connectivity index (χ1) is 13.0. The average molecular weight is 385 g/mol. The summed E-state index contributed by atoms with van der Waals surface area (Å²) in [4.78, 5) is 24.0. The lowest BCUT2D eigenvalue weighted by molar-refractivity contribution is -0.144. The van der Waals surface area contributed by atoms with Gasteiger partial charge in [0.1, 0.15) is 11.5 Å². The van der Waals surface area contributed by atoms with Crippen molar-refractivity contribution in [3.63, 3.8) is 0 Å². The van der Waals surface area contributed by atoms with E-state index < -0.39 is 5.97 Å². The van der Waals surface area contributed by atoms with Crippen molar-refractivity contribution in [1.82, 2.24) is 0 Å². The molecule has 0 N–H and O–H groups in total. The number of benzene rings is 3. The molecule has 0 unspecified atom stereocenters. The molecule has 3 rings (SSSR count). The number of carbonyl (C=O) groups is 2. The Morgan fingerprint density at radius 2 is 1.52 bits per heavy atom. The summed E-state index contributed by atoms with van der Waals surface area (Å²) in [5.41, 5.74) is 0.471. The summed E-state index contributed by atoms with van der Waals surface area (Å²) in [5.74, 6) is 0.334. The molecule has 6 heteroatoms. The third-order valence-electron chi connectivity index (χ3n) is 3.90. The molecule has 0 amide bonds. The molecule has 0 heterocycles. The molecule has 0 aromatic heterocycles. The Morgan fingerprint density at radius 3 is 2.26 bits per heavy atom. The lowest BCUT2D eigenvalue weighted by Gasteiger charge is -2.08. The van der Waals surface area contributed by atoms with E-state index in [1.54, 1.807) is 43.5 Å². The molecule has 3 aromatic rings. The van der Waals surface area contributed by atoms with Crippen molar-refractivity contribution in [1.29, 1.82) is 0 Å². The van der Waals surface area contributed by atoms with E-state index in [0.29, 0.717) is 16.3 Å². The summed E-state index contributed by atoms with van der Waals surface area (Å²) < 4.78 is 15.5. The number of hydrogen-bond acceptors (Lipinski definition) is 5. The fourth-order valence-corrected chi connectivity index (χ4v) is 2.59. The Hall–Kier alpha value is -3.05. The highest BCUT2D eigenvalue weighted by Gasteiger charge is 2.11. The van der Waals surface area contributed by atoms with Gasteiger partial charge >= 0.3 is 5.97 Å². The maximum Gasteiger partial charge on any atom is 0.344 e. The standard InChI is InChI=1S/C21H17ClO5/c1-25-19-7-4-14-10-16(3-2-15(14)11-19)20(23)12-27-21(24)13-26-18-8-5-17(22)6-9-18/h2-11H,12-13H2,1H3. The first-order valence-corrected chi connectivity index (χ1v) is 8.58. The lowest BCUT2D eigenvalue weighted by atomic mass is 10.0. The summed E-state index contributed by atoms with van der Waals surface area (Å²) >= 11 is 5.78. The fraction of sp³-hybridized carbons (Fsp3) is 0.143. The molecule has 0 aliphatic rings. The van der Waals surface area contributed by atoms with Crippen molar-refractivity contribution in [2.45, 2.75) is 0 Å². The van der Waals surface area contributed by atoms with Gasteiger partial charge in [-0.05, 0) is 53.2 Å². The van der Waals surface area contributed by atoms with Crippen molar-refractivity contribution in [3.8, 4) is 11.5 Å². The van der Waals surface area contributed by atoms with E-state index in [-0.39, 0.29) is 19.0 Å². The maximum absolute atomic E-state index is 12.3. The van der Waals surface area contributed by atoms with Gasteiger partial charge in [0.2, 0.25) is 0 Å². The average Bonchev–Trinajstić information content (AvgIpc) is 2.70. The highest BCUT2D eigenvalue weighted by Crippen LogP contribution is 2.22. The van der Waals surface area contributed by atoms with Crippen LogP contribution < -0.4 is 9.47 Å². The quantitative estimate of drug-likeness (QED) is 0.448. The van der Waals surface area contributed by atoms with Gasteiger partial charge in [0.15, 0.2) is 19.0 Å². The van der Waals surface area contributed by atoms with Gasteiger partial charge in [-0.15, -0.1) is 0 Å². The van der Waals surface area contributed by atoms with Crippen LogP contribution in [-0.2, 0) is 9.53 Å². The molecule has 27 heavy (non-hydrogen) atoms. The largest absolute Gasteiger partial charge is 0.497 e. The minimum Gasteiger partial charge on any atom is -0.497 e. The molecule has 138 valence electrons. The van der Waals surface area contributed by atoms with Crippen LogP contribution >= 0.6 is 11.6 Å². The van der Waals surface area contributed by atoms with Crippen LogP contribution in [-0.4, -0.2) is 32.1 Å². The van der Waals surface area contributed by atoms with Gasteiger partial charge in [0.05, 0.1) is 7.11 Å². The van der Waals surface area contributed by atoms with E-state index in [0.717, 1.165) is 16.5 Å². The SMILES string of the molecule is COc1ccc2cc(C(=O)COC(=O)COc3ccc(Cl)cc3)ccc2c1. The summed E-state index contributed by atoms with van der Waals surface area (Å²) in [5, 5.41) is 2.43. The zero-order valence-corrected chi connectivity index (χ0v) is 15.4. The van der Waals surface area contributed by atoms with Crippen LogP contribution in [0.3, 0.4) is 0 Å². The molecule has 0 saturated carbocycles. The number of ketones is 1. The van der Waals surface area contributed by atoms with Crippen molar-refractivity contribution < 1.29 is 23.8 Å². The summed E-state index contributed by atoms with van der Waals surface area (Å²) in [6.07, 6.45) is 0. The number of hydrogen-bond donors (Lipinski definition) is 0. The van der Waals surface area contributed by atoms with E-state index in [2.05, 4.69) is 0 Å². The number of fused-ring (bicyclic) bond motifs is 1. The maximum atomic E-state index is 12.3. The number of Topliss-reactive ketones (excluding diaryl/α,β-unsaturated/α-hetero) is 1. The second-order valence-electron chi connectivity index (χ2n) is 5.75. The van der Waals surface area contributed by atoms with Crippen LogP contribution in [0, 0.1) is 0 Å². The minimum absolute atomic E-state index is 0.285. The third kappa shape index (κ3) is 4.99. The molecule has 5 nitrogen and oxygen atoms in total. The van der Waals surface area contributed by atoms with E-state index in [1.807, 2.05) is 24.3 Å². The highest BCUT2D eigenvalue weighted by atomic mass is 35.5. The van der Waals surface area contributed by atoms with Gasteiger partial charge in [-0.1, -0.05) is 29.8 Å². The monoisotopic (exact) mass is 384 g/mol. The molecule has 0 radical (unpaired) electrons. The van der Waals surface area contributed by atoms with Gasteiger partial charge in [0, 0.05) is 10.6 Å². The Balaban J connectivity index is 1.54. The minimum atomic E-state index is -0.621. The first kappa shape index (κ1) is 18.7. The molecule has 0 aliphatic carbocycles. The summed E-state index contributed by atoms with van der Waals surface area (Å²) in [6, 6.07) is 17.5. The predicted octanol–water partition coefficient (Wildman–Crippen LogP) is 4.31. The van der Waals surface area contributed by atoms with Crippen LogP contribution in [0.5, 0.6) is 11.5 Å². The molecule has 3 aromatic carbocycles. The van der Waals surface area contributed by atoms with Crippen molar-refractivity contribution in [2.75, 3.05) is 20.3 Å². The van der Waals surface area contributed by atoms with E-state index in [1.165, 1.54) is 0 Å². The molecule has 0 bridgehead atoms. The first-order valence-electron chi connectivity index (χ1n) is 8.20. The molecular formula is C21H17ClO5. The number of ether oxygens (including phenoxy) is 3. The fourth-order valence-electron chi connectivity index (χ4n) is 2.47. The van der Waals surface area contributed by atoms with Gasteiger partial charge in [-0.25, -0.2) is 4.79 Å². The Labute approximate surface area is 161 Å². The van der Waals surface area contributed by atoms with Crippen LogP contribution in [0.25, 0.3) is 10.8 Å². The van der Waals surface area contributed by atoms with Gasteiger partial charge < -0.3 is 14.2 Å². The third-order valence-corrected chi connectivity index (χ3v) is 4.16. The number of rotatable bonds is 7. The molecule has 0 spiro atoms. The molecule has 0 atom stereocenters. The topological polar surface area (TPSA) is 61.8 Å². The van der Waals surface area contributed by atoms with Crippen molar-refractivity contribution in [3.05, 3.63) is 71.2 Å². The second kappa shape index (κ2) is 8.56. The van der Waals surface area contributed by atoms with Crippen LogP contribution in [0.2, 0.25) is 5.02 Å². The van der Waals surface area contributed by atoms with Gasteiger partial charge in [-0.2, -0.15) is 0 Å². The lowest BCUT2D eigenvalue weighted by Crippen LogP contribution is -2.19.